The first kappa shape index (κ1) is 14.3. The summed E-state index contributed by atoms with van der Waals surface area (Å²) in [7, 11) is 0. The molecule has 4 heteroatoms. The number of likely N-dealkylation sites (tertiary alicyclic amines) is 1. The van der Waals surface area contributed by atoms with Gasteiger partial charge in [-0.1, -0.05) is 44.2 Å². The summed E-state index contributed by atoms with van der Waals surface area (Å²) >= 11 is 0. The van der Waals surface area contributed by atoms with Gasteiger partial charge < -0.3 is 10.7 Å². The number of piperidine rings is 1. The maximum atomic E-state index is 6.20. The molecule has 21 heavy (non-hydrogen) atoms. The highest BCUT2D eigenvalue weighted by atomic mass is 15.2. The molecular weight excluding hydrogens is 260 g/mol. The summed E-state index contributed by atoms with van der Waals surface area (Å²) in [6.45, 7) is 7.52. The van der Waals surface area contributed by atoms with E-state index < -0.39 is 0 Å². The Hall–Kier alpha value is -1.65. The molecule has 3 rings (SSSR count). The Bertz CT molecular complexity index is 588. The molecule has 2 heterocycles. The molecule has 3 N–H and O–H groups in total. The van der Waals surface area contributed by atoms with Crippen LogP contribution in [-0.2, 0) is 6.54 Å². The largest absolute Gasteiger partial charge is 0.341 e. The number of rotatable bonds is 3. The van der Waals surface area contributed by atoms with Crippen molar-refractivity contribution in [2.45, 2.75) is 32.9 Å². The van der Waals surface area contributed by atoms with Crippen LogP contribution in [0.1, 0.15) is 26.0 Å². The van der Waals surface area contributed by atoms with Crippen molar-refractivity contribution < 1.29 is 0 Å². The molecule has 1 saturated heterocycles. The van der Waals surface area contributed by atoms with Crippen molar-refractivity contribution in [1.82, 2.24) is 14.9 Å². The van der Waals surface area contributed by atoms with Crippen LogP contribution in [0.15, 0.2) is 36.5 Å². The summed E-state index contributed by atoms with van der Waals surface area (Å²) in [5.74, 6) is 0.943. The SMILES string of the molecule is CC1(C)CN(Cc2cnc(-c3ccccc3)[nH]2)CCC1N. The van der Waals surface area contributed by atoms with Crippen molar-refractivity contribution in [2.75, 3.05) is 13.1 Å². The van der Waals surface area contributed by atoms with Crippen molar-refractivity contribution in [2.24, 2.45) is 11.1 Å². The van der Waals surface area contributed by atoms with Crippen LogP contribution in [0.2, 0.25) is 0 Å². The highest BCUT2D eigenvalue weighted by molar-refractivity contribution is 5.54. The Morgan fingerprint density at radius 1 is 1.33 bits per heavy atom. The van der Waals surface area contributed by atoms with Crippen molar-refractivity contribution in [1.29, 1.82) is 0 Å². The van der Waals surface area contributed by atoms with Crippen LogP contribution in [0.25, 0.3) is 11.4 Å². The molecule has 0 amide bonds. The first-order chi connectivity index (χ1) is 10.0. The predicted octanol–water partition coefficient (Wildman–Crippen LogP) is 2.64. The third-order valence-corrected chi connectivity index (χ3v) is 4.46. The van der Waals surface area contributed by atoms with E-state index in [-0.39, 0.29) is 5.41 Å². The zero-order valence-corrected chi connectivity index (χ0v) is 12.8. The predicted molar refractivity (Wildman–Crippen MR) is 85.7 cm³/mol. The van der Waals surface area contributed by atoms with E-state index in [1.165, 1.54) is 5.69 Å². The first-order valence-electron chi connectivity index (χ1n) is 7.62. The molecule has 1 aliphatic rings. The molecule has 1 unspecified atom stereocenters. The van der Waals surface area contributed by atoms with E-state index in [4.69, 9.17) is 5.73 Å². The number of benzene rings is 1. The second-order valence-corrected chi connectivity index (χ2v) is 6.72. The maximum Gasteiger partial charge on any atom is 0.137 e. The third-order valence-electron chi connectivity index (χ3n) is 4.46. The molecule has 0 aliphatic carbocycles. The number of imidazole rings is 1. The number of nitrogens with two attached hydrogens (primary N) is 1. The van der Waals surface area contributed by atoms with Crippen molar-refractivity contribution in [3.05, 3.63) is 42.2 Å². The van der Waals surface area contributed by atoms with Gasteiger partial charge in [-0.2, -0.15) is 0 Å². The van der Waals surface area contributed by atoms with Gasteiger partial charge in [0, 0.05) is 43.1 Å². The quantitative estimate of drug-likeness (QED) is 0.911. The first-order valence-corrected chi connectivity index (χ1v) is 7.62. The Balaban J connectivity index is 1.68. The molecule has 0 spiro atoms. The van der Waals surface area contributed by atoms with Gasteiger partial charge in [-0.3, -0.25) is 4.90 Å². The van der Waals surface area contributed by atoms with Crippen molar-refractivity contribution >= 4 is 0 Å². The fourth-order valence-corrected chi connectivity index (χ4v) is 3.04. The van der Waals surface area contributed by atoms with Crippen LogP contribution in [0.5, 0.6) is 0 Å². The third kappa shape index (κ3) is 3.17. The summed E-state index contributed by atoms with van der Waals surface area (Å²) in [6, 6.07) is 10.5. The van der Waals surface area contributed by atoms with Gasteiger partial charge in [0.25, 0.3) is 0 Å². The summed E-state index contributed by atoms with van der Waals surface area (Å²) < 4.78 is 0. The van der Waals surface area contributed by atoms with E-state index in [0.717, 1.165) is 37.4 Å². The lowest BCUT2D eigenvalue weighted by molar-refractivity contribution is 0.0890. The number of H-pyrrole nitrogens is 1. The number of hydrogen-bond acceptors (Lipinski definition) is 3. The fourth-order valence-electron chi connectivity index (χ4n) is 3.04. The van der Waals surface area contributed by atoms with Crippen LogP contribution in [0.4, 0.5) is 0 Å². The van der Waals surface area contributed by atoms with E-state index >= 15 is 0 Å². The van der Waals surface area contributed by atoms with E-state index in [1.807, 2.05) is 24.4 Å². The standard InChI is InChI=1S/C17H24N4/c1-17(2)12-21(9-8-15(17)18)11-14-10-19-16(20-14)13-6-4-3-5-7-13/h3-7,10,15H,8-9,11-12,18H2,1-2H3,(H,19,20). The molecule has 1 aliphatic heterocycles. The van der Waals surface area contributed by atoms with Crippen LogP contribution in [0, 0.1) is 5.41 Å². The fraction of sp³-hybridized carbons (Fsp3) is 0.471. The summed E-state index contributed by atoms with van der Waals surface area (Å²) in [5, 5.41) is 0. The second kappa shape index (κ2) is 5.62. The Kier molecular flexibility index (Phi) is 3.83. The van der Waals surface area contributed by atoms with Crippen LogP contribution >= 0.6 is 0 Å². The number of nitrogens with zero attached hydrogens (tertiary/aromatic N) is 2. The maximum absolute atomic E-state index is 6.20. The lowest BCUT2D eigenvalue weighted by atomic mass is 9.80. The molecule has 1 fully saturated rings. The topological polar surface area (TPSA) is 57.9 Å². The van der Waals surface area contributed by atoms with Crippen molar-refractivity contribution in [3.8, 4) is 11.4 Å². The monoisotopic (exact) mass is 284 g/mol. The summed E-state index contributed by atoms with van der Waals surface area (Å²) in [4.78, 5) is 10.4. The van der Waals surface area contributed by atoms with Gasteiger partial charge in [0.15, 0.2) is 0 Å². The van der Waals surface area contributed by atoms with Gasteiger partial charge in [0.05, 0.1) is 0 Å². The van der Waals surface area contributed by atoms with Gasteiger partial charge in [-0.25, -0.2) is 4.98 Å². The molecule has 0 bridgehead atoms. The van der Waals surface area contributed by atoms with Gasteiger partial charge >= 0.3 is 0 Å². The minimum absolute atomic E-state index is 0.181. The molecular formula is C17H24N4. The molecule has 1 aromatic carbocycles. The van der Waals surface area contributed by atoms with E-state index in [0.29, 0.717) is 6.04 Å². The normalized spacial score (nSPS) is 22.3. The van der Waals surface area contributed by atoms with Crippen LogP contribution in [-0.4, -0.2) is 34.0 Å². The molecule has 0 saturated carbocycles. The molecule has 4 nitrogen and oxygen atoms in total. The Labute approximate surface area is 126 Å². The van der Waals surface area contributed by atoms with Crippen LogP contribution < -0.4 is 5.73 Å². The van der Waals surface area contributed by atoms with E-state index in [1.54, 1.807) is 0 Å². The average Bonchev–Trinajstić information content (AvgIpc) is 2.92. The van der Waals surface area contributed by atoms with Gasteiger partial charge in [0.1, 0.15) is 5.82 Å². The molecule has 0 radical (unpaired) electrons. The minimum Gasteiger partial charge on any atom is -0.341 e. The second-order valence-electron chi connectivity index (χ2n) is 6.72. The minimum atomic E-state index is 0.181. The number of aromatic nitrogens is 2. The lowest BCUT2D eigenvalue weighted by Gasteiger charge is -2.42. The van der Waals surface area contributed by atoms with E-state index in [2.05, 4.69) is 40.8 Å². The summed E-state index contributed by atoms with van der Waals surface area (Å²) in [6.07, 6.45) is 3.01. The zero-order chi connectivity index (χ0) is 14.9. The average molecular weight is 284 g/mol. The zero-order valence-electron chi connectivity index (χ0n) is 12.8. The Morgan fingerprint density at radius 3 is 2.81 bits per heavy atom. The highest BCUT2D eigenvalue weighted by Gasteiger charge is 2.33. The molecule has 1 atom stereocenters. The molecule has 112 valence electrons. The lowest BCUT2D eigenvalue weighted by Crippen LogP contribution is -2.52. The van der Waals surface area contributed by atoms with Gasteiger partial charge in [0.2, 0.25) is 0 Å². The molecule has 1 aromatic heterocycles. The molecule has 2 aromatic rings. The van der Waals surface area contributed by atoms with Gasteiger partial charge in [-0.15, -0.1) is 0 Å². The number of hydrogen-bond donors (Lipinski definition) is 2. The highest BCUT2D eigenvalue weighted by Crippen LogP contribution is 2.28. The Morgan fingerprint density at radius 2 is 2.10 bits per heavy atom. The van der Waals surface area contributed by atoms with E-state index in [9.17, 15) is 0 Å². The van der Waals surface area contributed by atoms with Crippen LogP contribution in [0.3, 0.4) is 0 Å². The van der Waals surface area contributed by atoms with Crippen molar-refractivity contribution in [3.63, 3.8) is 0 Å². The smallest absolute Gasteiger partial charge is 0.137 e. The summed E-state index contributed by atoms with van der Waals surface area (Å²) in [5.41, 5.74) is 8.68. The number of aromatic amines is 1. The van der Waals surface area contributed by atoms with Gasteiger partial charge in [-0.05, 0) is 11.8 Å². The number of nitrogens with one attached hydrogen (secondary N) is 1.